The summed E-state index contributed by atoms with van der Waals surface area (Å²) in [5.41, 5.74) is 1.80. The predicted molar refractivity (Wildman–Crippen MR) is 95.2 cm³/mol. The first-order chi connectivity index (χ1) is 11.6. The number of anilines is 1. The highest BCUT2D eigenvalue weighted by molar-refractivity contribution is 8.00. The molecule has 0 radical (unpaired) electrons. The average Bonchev–Trinajstić information content (AvgIpc) is 3.02. The first-order valence-electron chi connectivity index (χ1n) is 7.96. The van der Waals surface area contributed by atoms with E-state index in [1.165, 1.54) is 23.1 Å². The molecule has 0 bridgehead atoms. The van der Waals surface area contributed by atoms with Crippen molar-refractivity contribution < 1.29 is 4.79 Å². The number of nitriles is 1. The van der Waals surface area contributed by atoms with Gasteiger partial charge in [-0.1, -0.05) is 18.2 Å². The molecule has 0 fully saturated rings. The smallest absolute Gasteiger partial charge is 0.238 e. The fraction of sp³-hybridized carbons (Fsp3) is 0.500. The molecule has 2 heterocycles. The first kappa shape index (κ1) is 17.0. The summed E-state index contributed by atoms with van der Waals surface area (Å²) < 4.78 is 1.78. The maximum absolute atomic E-state index is 12.5. The van der Waals surface area contributed by atoms with Crippen LogP contribution in [0.3, 0.4) is 0 Å². The number of amides is 1. The molecule has 2 aromatic heterocycles. The van der Waals surface area contributed by atoms with Crippen molar-refractivity contribution in [1.29, 1.82) is 5.26 Å². The van der Waals surface area contributed by atoms with Crippen molar-refractivity contribution in [3.63, 3.8) is 0 Å². The van der Waals surface area contributed by atoms with Crippen molar-refractivity contribution in [2.75, 3.05) is 5.32 Å². The fourth-order valence-electron chi connectivity index (χ4n) is 2.75. The Labute approximate surface area is 149 Å². The lowest BCUT2D eigenvalue weighted by Gasteiger charge is -2.10. The van der Waals surface area contributed by atoms with Gasteiger partial charge in [0.15, 0.2) is 5.16 Å². The molecule has 0 saturated carbocycles. The third-order valence-corrected chi connectivity index (χ3v) is 6.45. The molecule has 0 saturated heterocycles. The molecule has 2 aromatic rings. The van der Waals surface area contributed by atoms with Gasteiger partial charge in [-0.05, 0) is 38.2 Å². The molecule has 0 aromatic carbocycles. The number of hydrogen-bond acceptors (Lipinski definition) is 6. The number of fused-ring (bicyclic) bond motifs is 1. The summed E-state index contributed by atoms with van der Waals surface area (Å²) in [4.78, 5) is 13.8. The van der Waals surface area contributed by atoms with E-state index in [4.69, 9.17) is 0 Å². The van der Waals surface area contributed by atoms with Crippen LogP contribution < -0.4 is 5.32 Å². The van der Waals surface area contributed by atoms with Crippen LogP contribution in [0.4, 0.5) is 5.00 Å². The number of nitrogens with one attached hydrogen (secondary N) is 1. The SMILES string of the molecule is C[C@@H](Sc1nncn1C)C(=O)Nc1sc2c(c1C#N)CCCCC2. The summed E-state index contributed by atoms with van der Waals surface area (Å²) in [5, 5.41) is 21.4. The van der Waals surface area contributed by atoms with Crippen LogP contribution >= 0.6 is 23.1 Å². The molecule has 1 N–H and O–H groups in total. The molecular formula is C16H19N5OS2. The molecule has 24 heavy (non-hydrogen) atoms. The second kappa shape index (κ2) is 7.36. The number of thiophene rings is 1. The number of carbonyl (C=O) groups excluding carboxylic acids is 1. The Morgan fingerprint density at radius 1 is 1.46 bits per heavy atom. The zero-order valence-corrected chi connectivity index (χ0v) is 15.3. The number of rotatable bonds is 4. The summed E-state index contributed by atoms with van der Waals surface area (Å²) in [6.07, 6.45) is 7.03. The van der Waals surface area contributed by atoms with Gasteiger partial charge in [0.25, 0.3) is 0 Å². The fourth-order valence-corrected chi connectivity index (χ4v) is 4.79. The number of thioether (sulfide) groups is 1. The Bertz CT molecular complexity index is 789. The molecule has 0 aliphatic heterocycles. The summed E-state index contributed by atoms with van der Waals surface area (Å²) >= 11 is 2.91. The zero-order chi connectivity index (χ0) is 17.1. The van der Waals surface area contributed by atoms with Crippen molar-refractivity contribution in [3.8, 4) is 6.07 Å². The molecule has 126 valence electrons. The Balaban J connectivity index is 1.74. The Morgan fingerprint density at radius 3 is 2.96 bits per heavy atom. The van der Waals surface area contributed by atoms with E-state index >= 15 is 0 Å². The normalized spacial score (nSPS) is 15.2. The molecule has 3 rings (SSSR count). The van der Waals surface area contributed by atoms with E-state index in [2.05, 4.69) is 21.6 Å². The van der Waals surface area contributed by atoms with Crippen LogP contribution in [0, 0.1) is 11.3 Å². The van der Waals surface area contributed by atoms with Gasteiger partial charge in [0.1, 0.15) is 17.4 Å². The van der Waals surface area contributed by atoms with Crippen LogP contribution in [0.2, 0.25) is 0 Å². The second-order valence-corrected chi connectivity index (χ2v) is 8.27. The predicted octanol–water partition coefficient (Wildman–Crippen LogP) is 3.14. The van der Waals surface area contributed by atoms with Gasteiger partial charge in [0.2, 0.25) is 5.91 Å². The van der Waals surface area contributed by atoms with E-state index in [1.807, 2.05) is 14.0 Å². The monoisotopic (exact) mass is 361 g/mol. The minimum Gasteiger partial charge on any atom is -0.316 e. The van der Waals surface area contributed by atoms with Crippen molar-refractivity contribution in [2.24, 2.45) is 7.05 Å². The lowest BCUT2D eigenvalue weighted by Crippen LogP contribution is -2.22. The van der Waals surface area contributed by atoms with Crippen LogP contribution in [0.1, 0.15) is 42.2 Å². The lowest BCUT2D eigenvalue weighted by molar-refractivity contribution is -0.115. The van der Waals surface area contributed by atoms with Crippen molar-refractivity contribution >= 4 is 34.0 Å². The zero-order valence-electron chi connectivity index (χ0n) is 13.7. The van der Waals surface area contributed by atoms with E-state index < -0.39 is 0 Å². The highest BCUT2D eigenvalue weighted by Crippen LogP contribution is 2.37. The molecule has 1 aliphatic carbocycles. The average molecular weight is 361 g/mol. The summed E-state index contributed by atoms with van der Waals surface area (Å²) in [5.74, 6) is -0.115. The lowest BCUT2D eigenvalue weighted by atomic mass is 10.1. The van der Waals surface area contributed by atoms with Gasteiger partial charge in [0.05, 0.1) is 10.8 Å². The van der Waals surface area contributed by atoms with Gasteiger partial charge in [-0.15, -0.1) is 21.5 Å². The van der Waals surface area contributed by atoms with Gasteiger partial charge in [0, 0.05) is 11.9 Å². The maximum atomic E-state index is 12.5. The van der Waals surface area contributed by atoms with Gasteiger partial charge in [-0.25, -0.2) is 0 Å². The topological polar surface area (TPSA) is 83.6 Å². The first-order valence-corrected chi connectivity index (χ1v) is 9.66. The van der Waals surface area contributed by atoms with E-state index in [0.717, 1.165) is 31.2 Å². The largest absolute Gasteiger partial charge is 0.316 e. The van der Waals surface area contributed by atoms with Crippen LogP contribution in [0.5, 0.6) is 0 Å². The number of aryl methyl sites for hydroxylation is 2. The van der Waals surface area contributed by atoms with Crippen molar-refractivity contribution in [3.05, 3.63) is 22.3 Å². The van der Waals surface area contributed by atoms with Crippen LogP contribution in [-0.4, -0.2) is 25.9 Å². The van der Waals surface area contributed by atoms with E-state index in [1.54, 1.807) is 22.2 Å². The summed E-state index contributed by atoms with van der Waals surface area (Å²) in [7, 11) is 1.84. The number of carbonyl (C=O) groups is 1. The van der Waals surface area contributed by atoms with Crippen LogP contribution in [0.15, 0.2) is 11.5 Å². The minimum atomic E-state index is -0.318. The van der Waals surface area contributed by atoms with E-state index in [0.29, 0.717) is 15.7 Å². The third-order valence-electron chi connectivity index (χ3n) is 4.09. The van der Waals surface area contributed by atoms with Gasteiger partial charge in [-0.2, -0.15) is 5.26 Å². The molecule has 1 atom stereocenters. The second-order valence-electron chi connectivity index (χ2n) is 5.85. The molecule has 6 nitrogen and oxygen atoms in total. The van der Waals surface area contributed by atoms with Crippen molar-refractivity contribution in [2.45, 2.75) is 49.4 Å². The summed E-state index contributed by atoms with van der Waals surface area (Å²) in [6, 6.07) is 2.29. The molecule has 1 aliphatic rings. The molecule has 8 heteroatoms. The maximum Gasteiger partial charge on any atom is 0.238 e. The van der Waals surface area contributed by atoms with Crippen LogP contribution in [0.25, 0.3) is 0 Å². The minimum absolute atomic E-state index is 0.115. The standard InChI is InChI=1S/C16H19N5OS2/c1-10(23-16-20-18-9-21(16)2)14(22)19-15-12(8-17)11-6-4-3-5-7-13(11)24-15/h9-10H,3-7H2,1-2H3,(H,19,22)/t10-/m1/s1. The Morgan fingerprint density at radius 2 is 2.25 bits per heavy atom. The Hall–Kier alpha value is -1.85. The highest BCUT2D eigenvalue weighted by atomic mass is 32.2. The van der Waals surface area contributed by atoms with Gasteiger partial charge in [-0.3, -0.25) is 4.79 Å². The van der Waals surface area contributed by atoms with Crippen LogP contribution in [-0.2, 0) is 24.7 Å². The highest BCUT2D eigenvalue weighted by Gasteiger charge is 2.23. The number of aromatic nitrogens is 3. The van der Waals surface area contributed by atoms with Crippen molar-refractivity contribution in [1.82, 2.24) is 14.8 Å². The molecule has 1 amide bonds. The molecule has 0 spiro atoms. The summed E-state index contributed by atoms with van der Waals surface area (Å²) in [6.45, 7) is 1.83. The number of hydrogen-bond donors (Lipinski definition) is 1. The van der Waals surface area contributed by atoms with E-state index in [-0.39, 0.29) is 11.2 Å². The van der Waals surface area contributed by atoms with Gasteiger partial charge < -0.3 is 9.88 Å². The quantitative estimate of drug-likeness (QED) is 0.668. The molecular weight excluding hydrogens is 342 g/mol. The third kappa shape index (κ3) is 3.47. The van der Waals surface area contributed by atoms with Gasteiger partial charge >= 0.3 is 0 Å². The molecule has 0 unspecified atom stereocenters. The number of nitrogens with zero attached hydrogens (tertiary/aromatic N) is 4. The Kier molecular flexibility index (Phi) is 5.21. The van der Waals surface area contributed by atoms with E-state index in [9.17, 15) is 10.1 Å².